The molecule has 17 heavy (non-hydrogen) atoms. The van der Waals surface area contributed by atoms with E-state index in [-0.39, 0.29) is 0 Å². The molecular weight excluding hydrogens is 212 g/mol. The second-order valence-corrected chi connectivity index (χ2v) is 4.91. The zero-order valence-electron chi connectivity index (χ0n) is 10.5. The fourth-order valence-corrected chi connectivity index (χ4v) is 2.20. The van der Waals surface area contributed by atoms with Gasteiger partial charge in [0.05, 0.1) is 17.6 Å². The number of likely N-dealkylation sites (tertiary alicyclic amines) is 1. The lowest BCUT2D eigenvalue weighted by Gasteiger charge is -2.30. The number of hydrogen-bond donors (Lipinski definition) is 2. The maximum atomic E-state index is 5.82. The third-order valence-electron chi connectivity index (χ3n) is 3.47. The molecular formula is C13H22N4. The van der Waals surface area contributed by atoms with Crippen molar-refractivity contribution in [2.45, 2.75) is 19.8 Å². The van der Waals surface area contributed by atoms with E-state index in [1.807, 2.05) is 6.07 Å². The van der Waals surface area contributed by atoms with Gasteiger partial charge in [-0.25, -0.2) is 0 Å². The average Bonchev–Trinajstić information content (AvgIpc) is 2.34. The Morgan fingerprint density at radius 1 is 1.47 bits per heavy atom. The van der Waals surface area contributed by atoms with Crippen LogP contribution in [0, 0.1) is 5.92 Å². The zero-order valence-corrected chi connectivity index (χ0v) is 10.5. The maximum absolute atomic E-state index is 5.82. The van der Waals surface area contributed by atoms with Gasteiger partial charge in [-0.3, -0.25) is 4.98 Å². The van der Waals surface area contributed by atoms with Crippen LogP contribution in [-0.4, -0.2) is 36.1 Å². The molecule has 0 aromatic carbocycles. The summed E-state index contributed by atoms with van der Waals surface area (Å²) in [6, 6.07) is 1.92. The fourth-order valence-electron chi connectivity index (χ4n) is 2.20. The van der Waals surface area contributed by atoms with E-state index in [4.69, 9.17) is 5.73 Å². The number of nitrogens with one attached hydrogen (secondary N) is 1. The van der Waals surface area contributed by atoms with Crippen molar-refractivity contribution in [2.24, 2.45) is 5.92 Å². The van der Waals surface area contributed by atoms with E-state index in [1.54, 1.807) is 12.4 Å². The number of pyridine rings is 1. The van der Waals surface area contributed by atoms with Crippen molar-refractivity contribution in [3.63, 3.8) is 0 Å². The van der Waals surface area contributed by atoms with Gasteiger partial charge in [-0.05, 0) is 37.9 Å². The first kappa shape index (κ1) is 12.2. The number of anilines is 2. The summed E-state index contributed by atoms with van der Waals surface area (Å²) in [6.45, 7) is 6.84. The SMILES string of the molecule is CC1CCN(CCNc2ccncc2N)CC1. The lowest BCUT2D eigenvalue weighted by atomic mass is 9.99. The number of nitrogens with zero attached hydrogens (tertiary/aromatic N) is 2. The quantitative estimate of drug-likeness (QED) is 0.834. The van der Waals surface area contributed by atoms with Crippen molar-refractivity contribution >= 4 is 11.4 Å². The molecule has 2 heterocycles. The van der Waals surface area contributed by atoms with Crippen LogP contribution in [0.25, 0.3) is 0 Å². The van der Waals surface area contributed by atoms with E-state index in [2.05, 4.69) is 22.1 Å². The standard InChI is InChI=1S/C13H22N4/c1-11-3-7-17(8-4-11)9-6-16-13-2-5-15-10-12(13)14/h2,5,10-11H,3-4,6-9,14H2,1H3,(H,15,16). The first-order chi connectivity index (χ1) is 8.25. The second kappa shape index (κ2) is 5.87. The Balaban J connectivity index is 1.71. The smallest absolute Gasteiger partial charge is 0.0736 e. The van der Waals surface area contributed by atoms with Gasteiger partial charge in [-0.15, -0.1) is 0 Å². The van der Waals surface area contributed by atoms with Gasteiger partial charge < -0.3 is 16.0 Å². The summed E-state index contributed by atoms with van der Waals surface area (Å²) >= 11 is 0. The molecule has 0 radical (unpaired) electrons. The van der Waals surface area contributed by atoms with Crippen molar-refractivity contribution < 1.29 is 0 Å². The van der Waals surface area contributed by atoms with Crippen LogP contribution in [-0.2, 0) is 0 Å². The normalized spacial score (nSPS) is 18.2. The molecule has 0 saturated carbocycles. The molecule has 3 N–H and O–H groups in total. The molecule has 0 bridgehead atoms. The lowest BCUT2D eigenvalue weighted by molar-refractivity contribution is 0.199. The summed E-state index contributed by atoms with van der Waals surface area (Å²) in [5.74, 6) is 0.898. The molecule has 4 nitrogen and oxygen atoms in total. The molecule has 0 unspecified atom stereocenters. The van der Waals surface area contributed by atoms with Crippen LogP contribution in [0.3, 0.4) is 0 Å². The molecule has 0 aliphatic carbocycles. The Labute approximate surface area is 103 Å². The van der Waals surface area contributed by atoms with Crippen molar-refractivity contribution in [2.75, 3.05) is 37.2 Å². The van der Waals surface area contributed by atoms with Crippen molar-refractivity contribution in [3.8, 4) is 0 Å². The van der Waals surface area contributed by atoms with Crippen LogP contribution in [0.2, 0.25) is 0 Å². The van der Waals surface area contributed by atoms with Crippen LogP contribution in [0.4, 0.5) is 11.4 Å². The number of aromatic nitrogens is 1. The van der Waals surface area contributed by atoms with Crippen molar-refractivity contribution in [3.05, 3.63) is 18.5 Å². The fraction of sp³-hybridized carbons (Fsp3) is 0.615. The first-order valence-electron chi connectivity index (χ1n) is 6.41. The second-order valence-electron chi connectivity index (χ2n) is 4.91. The summed E-state index contributed by atoms with van der Waals surface area (Å²) in [5, 5.41) is 3.36. The van der Waals surface area contributed by atoms with Gasteiger partial charge in [0.1, 0.15) is 0 Å². The van der Waals surface area contributed by atoms with E-state index in [9.17, 15) is 0 Å². The molecule has 4 heteroatoms. The minimum absolute atomic E-state index is 0.722. The van der Waals surface area contributed by atoms with Gasteiger partial charge in [0, 0.05) is 19.3 Å². The van der Waals surface area contributed by atoms with Crippen molar-refractivity contribution in [1.29, 1.82) is 0 Å². The molecule has 1 aromatic rings. The zero-order chi connectivity index (χ0) is 12.1. The van der Waals surface area contributed by atoms with Crippen LogP contribution in [0.5, 0.6) is 0 Å². The van der Waals surface area contributed by atoms with E-state index >= 15 is 0 Å². The van der Waals surface area contributed by atoms with Gasteiger partial charge in [0.2, 0.25) is 0 Å². The molecule has 0 spiro atoms. The topological polar surface area (TPSA) is 54.2 Å². The molecule has 1 aromatic heterocycles. The highest BCUT2D eigenvalue weighted by atomic mass is 15.1. The van der Waals surface area contributed by atoms with Crippen LogP contribution >= 0.6 is 0 Å². The summed E-state index contributed by atoms with van der Waals surface area (Å²) in [6.07, 6.45) is 6.11. The Bertz CT molecular complexity index is 345. The Kier molecular flexibility index (Phi) is 4.20. The molecule has 0 amide bonds. The summed E-state index contributed by atoms with van der Waals surface area (Å²) < 4.78 is 0. The average molecular weight is 234 g/mol. The van der Waals surface area contributed by atoms with E-state index in [1.165, 1.54) is 25.9 Å². The minimum Gasteiger partial charge on any atom is -0.396 e. The Hall–Kier alpha value is -1.29. The van der Waals surface area contributed by atoms with Crippen molar-refractivity contribution in [1.82, 2.24) is 9.88 Å². The van der Waals surface area contributed by atoms with Crippen LogP contribution in [0.1, 0.15) is 19.8 Å². The van der Waals surface area contributed by atoms with E-state index in [0.717, 1.165) is 30.4 Å². The molecule has 1 fully saturated rings. The summed E-state index contributed by atoms with van der Waals surface area (Å²) in [7, 11) is 0. The van der Waals surface area contributed by atoms with Gasteiger partial charge in [0.25, 0.3) is 0 Å². The lowest BCUT2D eigenvalue weighted by Crippen LogP contribution is -2.36. The molecule has 1 aliphatic rings. The highest BCUT2D eigenvalue weighted by Crippen LogP contribution is 2.17. The largest absolute Gasteiger partial charge is 0.396 e. The predicted molar refractivity (Wildman–Crippen MR) is 72.0 cm³/mol. The molecule has 0 atom stereocenters. The van der Waals surface area contributed by atoms with Crippen LogP contribution in [0.15, 0.2) is 18.5 Å². The maximum Gasteiger partial charge on any atom is 0.0736 e. The Morgan fingerprint density at radius 2 is 2.24 bits per heavy atom. The number of nitrogen functional groups attached to an aromatic ring is 1. The predicted octanol–water partition coefficient (Wildman–Crippen LogP) is 1.81. The molecule has 2 rings (SSSR count). The monoisotopic (exact) mass is 234 g/mol. The van der Waals surface area contributed by atoms with Gasteiger partial charge >= 0.3 is 0 Å². The number of rotatable bonds is 4. The van der Waals surface area contributed by atoms with Gasteiger partial charge in [-0.2, -0.15) is 0 Å². The van der Waals surface area contributed by atoms with Gasteiger partial charge in [-0.1, -0.05) is 6.92 Å². The Morgan fingerprint density at radius 3 is 2.94 bits per heavy atom. The number of nitrogens with two attached hydrogens (primary N) is 1. The van der Waals surface area contributed by atoms with E-state index < -0.39 is 0 Å². The van der Waals surface area contributed by atoms with E-state index in [0.29, 0.717) is 0 Å². The third-order valence-corrected chi connectivity index (χ3v) is 3.47. The summed E-state index contributed by atoms with van der Waals surface area (Å²) in [4.78, 5) is 6.49. The molecule has 1 saturated heterocycles. The third kappa shape index (κ3) is 3.60. The molecule has 1 aliphatic heterocycles. The number of hydrogen-bond acceptors (Lipinski definition) is 4. The highest BCUT2D eigenvalue weighted by molar-refractivity contribution is 5.64. The van der Waals surface area contributed by atoms with Crippen LogP contribution < -0.4 is 11.1 Å². The summed E-state index contributed by atoms with van der Waals surface area (Å²) in [5.41, 5.74) is 7.53. The minimum atomic E-state index is 0.722. The highest BCUT2D eigenvalue weighted by Gasteiger charge is 2.14. The first-order valence-corrected chi connectivity index (χ1v) is 6.41. The molecule has 94 valence electrons. The van der Waals surface area contributed by atoms with Gasteiger partial charge in [0.15, 0.2) is 0 Å². The number of piperidine rings is 1.